The minimum absolute atomic E-state index is 0.170. The van der Waals surface area contributed by atoms with Crippen LogP contribution in [0.15, 0.2) is 36.1 Å². The molecule has 0 radical (unpaired) electrons. The zero-order valence-corrected chi connectivity index (χ0v) is 9.41. The van der Waals surface area contributed by atoms with Crippen molar-refractivity contribution in [1.82, 2.24) is 0 Å². The maximum Gasteiger partial charge on any atom is 0.346 e. The van der Waals surface area contributed by atoms with Crippen molar-refractivity contribution in [3.05, 3.63) is 47.2 Å². The Morgan fingerprint density at radius 1 is 1.17 bits per heavy atom. The summed E-state index contributed by atoms with van der Waals surface area (Å²) in [6.45, 7) is 1.25. The average molecular weight is 250 g/mol. The molecule has 0 saturated carbocycles. The van der Waals surface area contributed by atoms with Crippen molar-refractivity contribution in [3.8, 4) is 0 Å². The molecule has 18 heavy (non-hydrogen) atoms. The number of ether oxygens (including phenoxy) is 1. The fourth-order valence-corrected chi connectivity index (χ4v) is 1.12. The van der Waals surface area contributed by atoms with Crippen LogP contribution in [0.3, 0.4) is 0 Å². The molecule has 1 aromatic rings. The summed E-state index contributed by atoms with van der Waals surface area (Å²) in [6, 6.07) is 5.35. The molecule has 0 aliphatic carbocycles. The van der Waals surface area contributed by atoms with Gasteiger partial charge in [-0.2, -0.15) is 0 Å². The smallest absolute Gasteiger partial charge is 0.346 e. The van der Waals surface area contributed by atoms with Crippen molar-refractivity contribution < 1.29 is 29.3 Å². The molecule has 0 atom stereocenters. The number of aliphatic hydroxyl groups is 1. The first-order valence-electron chi connectivity index (χ1n) is 4.87. The molecular formula is C12H10O6. The number of carbonyl (C=O) groups excluding carboxylic acids is 2. The van der Waals surface area contributed by atoms with E-state index >= 15 is 0 Å². The van der Waals surface area contributed by atoms with Crippen LogP contribution in [0, 0.1) is 0 Å². The van der Waals surface area contributed by atoms with E-state index < -0.39 is 17.9 Å². The Kier molecular flexibility index (Phi) is 4.20. The molecule has 0 aliphatic rings. The number of rotatable bonds is 3. The van der Waals surface area contributed by atoms with Crippen molar-refractivity contribution in [2.45, 2.75) is 6.92 Å². The van der Waals surface area contributed by atoms with Gasteiger partial charge in [0.15, 0.2) is 0 Å². The van der Waals surface area contributed by atoms with Gasteiger partial charge < -0.3 is 14.9 Å². The van der Waals surface area contributed by atoms with Gasteiger partial charge in [-0.15, -0.1) is 0 Å². The fourth-order valence-electron chi connectivity index (χ4n) is 1.12. The van der Waals surface area contributed by atoms with Gasteiger partial charge in [0.1, 0.15) is 0 Å². The molecule has 0 aromatic heterocycles. The van der Waals surface area contributed by atoms with Gasteiger partial charge in [0, 0.05) is 0 Å². The summed E-state index contributed by atoms with van der Waals surface area (Å²) in [5, 5.41) is 17.4. The second-order valence-corrected chi connectivity index (χ2v) is 3.34. The van der Waals surface area contributed by atoms with E-state index in [1.54, 1.807) is 0 Å². The van der Waals surface area contributed by atoms with Gasteiger partial charge in [-0.05, 0) is 19.1 Å². The standard InChI is InChI=1S/C12H10O6/c1-7(6-13)11(16)18-12(17)9-5-3-2-4-8(9)10(14)15/h2-6,13H,1H3,(H,14,15). The Balaban J connectivity index is 2.99. The fraction of sp³-hybridized carbons (Fsp3) is 0.0833. The van der Waals surface area contributed by atoms with E-state index in [1.165, 1.54) is 31.2 Å². The molecule has 2 N–H and O–H groups in total. The maximum atomic E-state index is 11.6. The van der Waals surface area contributed by atoms with Crippen LogP contribution in [0.4, 0.5) is 0 Å². The summed E-state index contributed by atoms with van der Waals surface area (Å²) >= 11 is 0. The first kappa shape index (κ1) is 13.4. The molecule has 1 aromatic carbocycles. The van der Waals surface area contributed by atoms with Gasteiger partial charge >= 0.3 is 17.9 Å². The van der Waals surface area contributed by atoms with Crippen molar-refractivity contribution in [1.29, 1.82) is 0 Å². The highest BCUT2D eigenvalue weighted by molar-refractivity contribution is 6.07. The van der Waals surface area contributed by atoms with Crippen molar-refractivity contribution in [2.75, 3.05) is 0 Å². The molecule has 94 valence electrons. The third-order valence-electron chi connectivity index (χ3n) is 2.08. The van der Waals surface area contributed by atoms with E-state index in [4.69, 9.17) is 10.2 Å². The van der Waals surface area contributed by atoms with Crippen LogP contribution in [-0.2, 0) is 9.53 Å². The summed E-state index contributed by atoms with van der Waals surface area (Å²) in [5.74, 6) is -3.42. The number of aromatic carboxylic acids is 1. The number of carboxylic acid groups (broad SMARTS) is 1. The molecule has 0 saturated heterocycles. The number of hydrogen-bond acceptors (Lipinski definition) is 5. The van der Waals surface area contributed by atoms with Crippen molar-refractivity contribution >= 4 is 17.9 Å². The first-order chi connectivity index (χ1) is 8.47. The molecule has 0 aliphatic heterocycles. The first-order valence-corrected chi connectivity index (χ1v) is 4.87. The van der Waals surface area contributed by atoms with Crippen molar-refractivity contribution in [3.63, 3.8) is 0 Å². The topological polar surface area (TPSA) is 101 Å². The van der Waals surface area contributed by atoms with Crippen LogP contribution in [0.2, 0.25) is 0 Å². The normalized spacial score (nSPS) is 10.8. The summed E-state index contributed by atoms with van der Waals surface area (Å²) in [6.07, 6.45) is 0.499. The van der Waals surface area contributed by atoms with Crippen molar-refractivity contribution in [2.24, 2.45) is 0 Å². The van der Waals surface area contributed by atoms with E-state index in [9.17, 15) is 14.4 Å². The van der Waals surface area contributed by atoms with Gasteiger partial charge in [0.2, 0.25) is 0 Å². The minimum Gasteiger partial charge on any atom is -0.515 e. The van der Waals surface area contributed by atoms with E-state index in [-0.39, 0.29) is 16.7 Å². The van der Waals surface area contributed by atoms with Crippen LogP contribution < -0.4 is 0 Å². The molecule has 0 fully saturated rings. The second-order valence-electron chi connectivity index (χ2n) is 3.34. The van der Waals surface area contributed by atoms with Gasteiger partial charge in [-0.1, -0.05) is 12.1 Å². The summed E-state index contributed by atoms with van der Waals surface area (Å²) in [5.41, 5.74) is -0.666. The predicted octanol–water partition coefficient (Wildman–Crippen LogP) is 1.53. The molecule has 0 heterocycles. The van der Waals surface area contributed by atoms with Gasteiger partial charge in [0.25, 0.3) is 0 Å². The molecule has 0 unspecified atom stereocenters. The van der Waals surface area contributed by atoms with Gasteiger partial charge in [0.05, 0.1) is 23.0 Å². The average Bonchev–Trinajstić information content (AvgIpc) is 2.37. The largest absolute Gasteiger partial charge is 0.515 e. The lowest BCUT2D eigenvalue weighted by atomic mass is 10.1. The minimum atomic E-state index is -1.30. The SMILES string of the molecule is CC(=CO)C(=O)OC(=O)c1ccccc1C(=O)O. The summed E-state index contributed by atoms with van der Waals surface area (Å²) < 4.78 is 4.41. The number of hydrogen-bond donors (Lipinski definition) is 2. The highest BCUT2D eigenvalue weighted by Crippen LogP contribution is 2.11. The van der Waals surface area contributed by atoms with Crippen LogP contribution >= 0.6 is 0 Å². The quantitative estimate of drug-likeness (QED) is 0.365. The van der Waals surface area contributed by atoms with Gasteiger partial charge in [-0.25, -0.2) is 14.4 Å². The zero-order valence-electron chi connectivity index (χ0n) is 9.41. The maximum absolute atomic E-state index is 11.6. The summed E-state index contributed by atoms with van der Waals surface area (Å²) in [7, 11) is 0. The Hall–Kier alpha value is -2.63. The molecule has 0 bridgehead atoms. The van der Waals surface area contributed by atoms with Crippen LogP contribution in [0.25, 0.3) is 0 Å². The highest BCUT2D eigenvalue weighted by Gasteiger charge is 2.20. The Bertz CT molecular complexity index is 529. The zero-order chi connectivity index (χ0) is 13.7. The van der Waals surface area contributed by atoms with Crippen LogP contribution in [0.5, 0.6) is 0 Å². The molecule has 0 spiro atoms. The second kappa shape index (κ2) is 5.62. The third kappa shape index (κ3) is 2.94. The Morgan fingerprint density at radius 3 is 2.22 bits per heavy atom. The van der Waals surface area contributed by atoms with E-state index in [0.29, 0.717) is 6.26 Å². The monoisotopic (exact) mass is 250 g/mol. The molecule has 0 amide bonds. The third-order valence-corrected chi connectivity index (χ3v) is 2.08. The van der Waals surface area contributed by atoms with E-state index in [1.807, 2.05) is 0 Å². The van der Waals surface area contributed by atoms with Gasteiger partial charge in [-0.3, -0.25) is 0 Å². The number of carboxylic acids is 1. The Labute approximate surface area is 102 Å². The predicted molar refractivity (Wildman–Crippen MR) is 60.2 cm³/mol. The van der Waals surface area contributed by atoms with Crippen LogP contribution in [0.1, 0.15) is 27.6 Å². The van der Waals surface area contributed by atoms with Crippen LogP contribution in [-0.4, -0.2) is 28.1 Å². The number of benzene rings is 1. The lowest BCUT2D eigenvalue weighted by Gasteiger charge is -2.05. The number of carbonyl (C=O) groups is 3. The van der Waals surface area contributed by atoms with E-state index in [2.05, 4.69) is 4.74 Å². The number of aliphatic hydroxyl groups excluding tert-OH is 1. The molecule has 1 rings (SSSR count). The molecule has 6 nitrogen and oxygen atoms in total. The Morgan fingerprint density at radius 2 is 1.72 bits per heavy atom. The number of esters is 2. The lowest BCUT2D eigenvalue weighted by molar-refractivity contribution is -0.133. The molecular weight excluding hydrogens is 240 g/mol. The lowest BCUT2D eigenvalue weighted by Crippen LogP contribution is -2.16. The molecule has 6 heteroatoms. The highest BCUT2D eigenvalue weighted by atomic mass is 16.6. The van der Waals surface area contributed by atoms with E-state index in [0.717, 1.165) is 0 Å². The summed E-state index contributed by atoms with van der Waals surface area (Å²) in [4.78, 5) is 33.7.